The Hall–Kier alpha value is -2.84. The normalized spacial score (nSPS) is 18.8. The van der Waals surface area contributed by atoms with Crippen molar-refractivity contribution in [1.29, 1.82) is 0 Å². The van der Waals surface area contributed by atoms with Gasteiger partial charge in [0.2, 0.25) is 0 Å². The van der Waals surface area contributed by atoms with Crippen molar-refractivity contribution in [3.63, 3.8) is 0 Å². The first kappa shape index (κ1) is 17.6. The molecule has 1 fully saturated rings. The second kappa shape index (κ2) is 7.42. The van der Waals surface area contributed by atoms with Gasteiger partial charge in [-0.25, -0.2) is 0 Å². The molecule has 1 amide bonds. The van der Waals surface area contributed by atoms with Crippen LogP contribution >= 0.6 is 11.8 Å². The molecule has 2 aromatic rings. The topological polar surface area (TPSA) is 95.2 Å². The van der Waals surface area contributed by atoms with Gasteiger partial charge in [-0.05, 0) is 23.9 Å². The number of carbonyl (C=O) groups excluding carboxylic acids is 2. The van der Waals surface area contributed by atoms with E-state index in [0.717, 1.165) is 0 Å². The van der Waals surface area contributed by atoms with Crippen LogP contribution in [0.3, 0.4) is 0 Å². The summed E-state index contributed by atoms with van der Waals surface area (Å²) in [5.41, 5.74) is 0.480. The Morgan fingerprint density at radius 1 is 1.19 bits per heavy atom. The van der Waals surface area contributed by atoms with Crippen molar-refractivity contribution in [1.82, 2.24) is 4.90 Å². The molecule has 8 heteroatoms. The molecule has 0 saturated carbocycles. The summed E-state index contributed by atoms with van der Waals surface area (Å²) in [4.78, 5) is 30.1. The third kappa shape index (κ3) is 3.67. The molecule has 0 atom stereocenters. The van der Waals surface area contributed by atoms with E-state index in [1.165, 1.54) is 17.8 Å². The van der Waals surface area contributed by atoms with Crippen LogP contribution in [0.2, 0.25) is 0 Å². The number of aliphatic imine (C=N–C) groups is 1. The molecule has 1 aromatic heterocycles. The molecule has 2 aliphatic rings. The highest BCUT2D eigenvalue weighted by atomic mass is 32.2. The molecule has 3 heterocycles. The number of benzene rings is 1. The number of ether oxygens (including phenoxy) is 1. The highest BCUT2D eigenvalue weighted by Gasteiger charge is 2.27. The Kier molecular flexibility index (Phi) is 4.83. The molecule has 0 bridgehead atoms. The van der Waals surface area contributed by atoms with Gasteiger partial charge in [-0.2, -0.15) is 4.99 Å². The second-order valence-electron chi connectivity index (χ2n) is 5.94. The number of carboxylic acids is 1. The molecular weight excluding hydrogens is 368 g/mol. The second-order valence-corrected chi connectivity index (χ2v) is 6.95. The number of thioether (sulfide) groups is 1. The van der Waals surface area contributed by atoms with E-state index in [-0.39, 0.29) is 11.5 Å². The molecule has 0 unspecified atom stereocenters. The van der Waals surface area contributed by atoms with Crippen molar-refractivity contribution in [2.75, 3.05) is 26.3 Å². The standard InChI is InChI=1S/C19H16N2O5S/c22-17-16(27-19(20-17)21-7-9-25-10-8-21)11-12-5-6-15(26-12)13-3-1-2-4-14(13)18(23)24/h1-6,11H,7-10H2,(H,23,24)/p-1/b16-11+. The maximum Gasteiger partial charge on any atom is 0.286 e. The predicted molar refractivity (Wildman–Crippen MR) is 98.9 cm³/mol. The van der Waals surface area contributed by atoms with Gasteiger partial charge in [0.1, 0.15) is 11.5 Å². The number of amidine groups is 1. The van der Waals surface area contributed by atoms with Gasteiger partial charge in [0.05, 0.1) is 24.1 Å². The highest BCUT2D eigenvalue weighted by Crippen LogP contribution is 2.32. The van der Waals surface area contributed by atoms with E-state index >= 15 is 0 Å². The van der Waals surface area contributed by atoms with E-state index < -0.39 is 5.97 Å². The lowest BCUT2D eigenvalue weighted by molar-refractivity contribution is -0.254. The average molecular weight is 383 g/mol. The Balaban J connectivity index is 1.55. The van der Waals surface area contributed by atoms with Crippen LogP contribution in [0.25, 0.3) is 17.4 Å². The van der Waals surface area contributed by atoms with E-state index in [1.807, 2.05) is 4.90 Å². The first-order chi connectivity index (χ1) is 13.1. The van der Waals surface area contributed by atoms with Crippen molar-refractivity contribution in [3.8, 4) is 11.3 Å². The Bertz CT molecular complexity index is 957. The van der Waals surface area contributed by atoms with Crippen molar-refractivity contribution >= 4 is 34.9 Å². The molecule has 7 nitrogen and oxygen atoms in total. The zero-order valence-electron chi connectivity index (χ0n) is 14.2. The molecule has 0 aliphatic carbocycles. The monoisotopic (exact) mass is 383 g/mol. The summed E-state index contributed by atoms with van der Waals surface area (Å²) in [6.45, 7) is 2.65. The summed E-state index contributed by atoms with van der Waals surface area (Å²) >= 11 is 1.30. The van der Waals surface area contributed by atoms with Crippen molar-refractivity contribution in [3.05, 3.63) is 52.6 Å². The molecule has 1 saturated heterocycles. The average Bonchev–Trinajstić information content (AvgIpc) is 3.30. The lowest BCUT2D eigenvalue weighted by Gasteiger charge is -2.27. The molecule has 4 rings (SSSR count). The van der Waals surface area contributed by atoms with Gasteiger partial charge in [0.15, 0.2) is 5.17 Å². The summed E-state index contributed by atoms with van der Waals surface area (Å²) in [5.74, 6) is -0.736. The van der Waals surface area contributed by atoms with Gasteiger partial charge in [0, 0.05) is 30.3 Å². The maximum absolute atomic E-state index is 12.2. The van der Waals surface area contributed by atoms with Gasteiger partial charge < -0.3 is 24.0 Å². The third-order valence-electron chi connectivity index (χ3n) is 4.20. The maximum atomic E-state index is 12.2. The molecule has 0 radical (unpaired) electrons. The molecule has 1 aromatic carbocycles. The summed E-state index contributed by atoms with van der Waals surface area (Å²) in [6, 6.07) is 9.82. The first-order valence-electron chi connectivity index (χ1n) is 8.37. The van der Waals surface area contributed by atoms with E-state index in [2.05, 4.69) is 4.99 Å². The van der Waals surface area contributed by atoms with E-state index in [9.17, 15) is 14.7 Å². The summed E-state index contributed by atoms with van der Waals surface area (Å²) in [5, 5.41) is 11.9. The number of rotatable bonds is 3. The van der Waals surface area contributed by atoms with E-state index in [0.29, 0.717) is 53.5 Å². The van der Waals surface area contributed by atoms with Crippen LogP contribution in [0.4, 0.5) is 0 Å². The minimum atomic E-state index is -1.27. The lowest BCUT2D eigenvalue weighted by Crippen LogP contribution is -2.38. The van der Waals surface area contributed by atoms with Crippen LogP contribution < -0.4 is 5.11 Å². The number of nitrogens with zero attached hydrogens (tertiary/aromatic N) is 2. The van der Waals surface area contributed by atoms with E-state index in [1.54, 1.807) is 36.4 Å². The minimum absolute atomic E-state index is 0.0512. The van der Waals surface area contributed by atoms with Crippen LogP contribution in [0.1, 0.15) is 16.1 Å². The Morgan fingerprint density at radius 2 is 1.96 bits per heavy atom. The smallest absolute Gasteiger partial charge is 0.286 e. The highest BCUT2D eigenvalue weighted by molar-refractivity contribution is 8.18. The summed E-state index contributed by atoms with van der Waals surface area (Å²) in [6.07, 6.45) is 1.62. The number of morpholine rings is 1. The fraction of sp³-hybridized carbons (Fsp3) is 0.211. The lowest BCUT2D eigenvalue weighted by atomic mass is 10.1. The van der Waals surface area contributed by atoms with Crippen molar-refractivity contribution < 1.29 is 23.8 Å². The fourth-order valence-corrected chi connectivity index (χ4v) is 3.81. The van der Waals surface area contributed by atoms with Gasteiger partial charge in [0.25, 0.3) is 5.91 Å². The number of carbonyl (C=O) groups is 2. The number of furan rings is 1. The van der Waals surface area contributed by atoms with Gasteiger partial charge in [-0.15, -0.1) is 0 Å². The Morgan fingerprint density at radius 3 is 2.74 bits per heavy atom. The Labute approximate surface area is 159 Å². The minimum Gasteiger partial charge on any atom is -0.545 e. The number of hydrogen-bond donors (Lipinski definition) is 0. The summed E-state index contributed by atoms with van der Waals surface area (Å²) < 4.78 is 11.0. The third-order valence-corrected chi connectivity index (χ3v) is 5.25. The van der Waals surface area contributed by atoms with Crippen molar-refractivity contribution in [2.45, 2.75) is 0 Å². The van der Waals surface area contributed by atoms with Crippen LogP contribution in [0, 0.1) is 0 Å². The molecule has 0 N–H and O–H groups in total. The summed E-state index contributed by atoms with van der Waals surface area (Å²) in [7, 11) is 0. The molecule has 0 spiro atoms. The van der Waals surface area contributed by atoms with Crippen LogP contribution in [-0.2, 0) is 9.53 Å². The van der Waals surface area contributed by atoms with Gasteiger partial charge >= 0.3 is 0 Å². The first-order valence-corrected chi connectivity index (χ1v) is 9.19. The fourth-order valence-electron chi connectivity index (χ4n) is 2.87. The van der Waals surface area contributed by atoms with Crippen LogP contribution in [0.5, 0.6) is 0 Å². The predicted octanol–water partition coefficient (Wildman–Crippen LogP) is 1.61. The van der Waals surface area contributed by atoms with Gasteiger partial charge in [-0.1, -0.05) is 24.3 Å². The van der Waals surface area contributed by atoms with Crippen molar-refractivity contribution in [2.24, 2.45) is 4.99 Å². The number of hydrogen-bond acceptors (Lipinski definition) is 7. The SMILES string of the molecule is O=C1N=C(N2CCOCC2)S/C1=C/c1ccc(-c2ccccc2C(=O)[O-])o1. The van der Waals surface area contributed by atoms with E-state index in [4.69, 9.17) is 9.15 Å². The van der Waals surface area contributed by atoms with Crippen LogP contribution in [-0.4, -0.2) is 48.2 Å². The zero-order valence-corrected chi connectivity index (χ0v) is 15.0. The number of carboxylic acid groups (broad SMARTS) is 1. The largest absolute Gasteiger partial charge is 0.545 e. The molecule has 27 heavy (non-hydrogen) atoms. The van der Waals surface area contributed by atoms with Crippen LogP contribution in [0.15, 0.2) is 50.7 Å². The quantitative estimate of drug-likeness (QED) is 0.743. The number of aromatic carboxylic acids is 1. The zero-order chi connectivity index (χ0) is 18.8. The molecular formula is C19H15N2O5S-. The van der Waals surface area contributed by atoms with Gasteiger partial charge in [-0.3, -0.25) is 4.79 Å². The molecule has 2 aliphatic heterocycles. The number of amides is 1. The molecule has 138 valence electrons.